The average Bonchev–Trinajstić information content (AvgIpc) is 2.20. The lowest BCUT2D eigenvalue weighted by atomic mass is 9.99. The van der Waals surface area contributed by atoms with Crippen LogP contribution in [0.2, 0.25) is 0 Å². The minimum absolute atomic E-state index is 0. The number of hydrogen-bond donors (Lipinski definition) is 4. The molecule has 0 saturated carbocycles. The molecule has 17 heavy (non-hydrogen) atoms. The first-order chi connectivity index (χ1) is 6.72. The molecule has 0 radical (unpaired) electrons. The lowest BCUT2D eigenvalue weighted by Gasteiger charge is -2.08. The smallest absolute Gasteiger partial charge is 0.306 e. The largest absolute Gasteiger partial charge is 0.481 e. The molecule has 1 unspecified atom stereocenters. The van der Waals surface area contributed by atoms with Crippen LogP contribution in [0.4, 0.5) is 0 Å². The Hall–Kier alpha value is -0.690. The lowest BCUT2D eigenvalue weighted by molar-refractivity contribution is -0.142. The second kappa shape index (κ2) is 24.5. The van der Waals surface area contributed by atoms with Crippen LogP contribution < -0.4 is 12.3 Å². The zero-order valence-corrected chi connectivity index (χ0v) is 11.5. The number of rotatable bonds is 7. The summed E-state index contributed by atoms with van der Waals surface area (Å²) < 4.78 is 0. The number of carboxylic acids is 1. The van der Waals surface area contributed by atoms with Crippen LogP contribution in [0, 0.1) is 5.92 Å². The van der Waals surface area contributed by atoms with Crippen LogP contribution in [0.25, 0.3) is 0 Å². The number of aliphatic carboxylic acids is 1. The van der Waals surface area contributed by atoms with Crippen molar-refractivity contribution in [2.75, 3.05) is 7.11 Å². The molecule has 0 aliphatic carbocycles. The van der Waals surface area contributed by atoms with Gasteiger partial charge in [-0.2, -0.15) is 0 Å². The Balaban J connectivity index is -0.0000000907. The van der Waals surface area contributed by atoms with E-state index in [1.807, 2.05) is 6.92 Å². The third kappa shape index (κ3) is 21.2. The van der Waals surface area contributed by atoms with Gasteiger partial charge in [0, 0.05) is 7.11 Å². The Kier molecular flexibility index (Phi) is 43.1. The van der Waals surface area contributed by atoms with Gasteiger partial charge in [0.15, 0.2) is 0 Å². The molecule has 0 heterocycles. The third-order valence-electron chi connectivity index (χ3n) is 2.25. The van der Waals surface area contributed by atoms with Gasteiger partial charge in [0.05, 0.1) is 5.92 Å². The molecule has 6 nitrogen and oxygen atoms in total. The molecule has 0 aliphatic rings. The summed E-state index contributed by atoms with van der Waals surface area (Å²) in [5.74, 6) is -0.740. The van der Waals surface area contributed by atoms with E-state index >= 15 is 0 Å². The van der Waals surface area contributed by atoms with Gasteiger partial charge in [-0.1, -0.05) is 39.5 Å². The highest BCUT2D eigenvalue weighted by Gasteiger charge is 2.13. The minimum atomic E-state index is -0.631. The van der Waals surface area contributed by atoms with Gasteiger partial charge < -0.3 is 28.0 Å². The van der Waals surface area contributed by atoms with E-state index in [0.29, 0.717) is 0 Å². The van der Waals surface area contributed by atoms with Crippen molar-refractivity contribution in [2.24, 2.45) is 5.92 Å². The van der Waals surface area contributed by atoms with Gasteiger partial charge in [0.2, 0.25) is 0 Å². The summed E-state index contributed by atoms with van der Waals surface area (Å²) >= 11 is 0. The van der Waals surface area contributed by atoms with E-state index in [0.717, 1.165) is 26.4 Å². The Morgan fingerprint density at radius 3 is 1.82 bits per heavy atom. The number of aliphatic hydroxyl groups is 1. The molecular formula is C11H32N2O4. The number of unbranched alkanes of at least 4 members (excludes halogenated alkanes) is 3. The highest BCUT2D eigenvalue weighted by atomic mass is 16.4. The molecular weight excluding hydrogens is 224 g/mol. The van der Waals surface area contributed by atoms with Crippen LogP contribution in [0.1, 0.15) is 52.4 Å². The molecule has 110 valence electrons. The molecule has 0 aromatic heterocycles. The number of carbonyl (C=O) groups is 1. The number of hydrogen-bond acceptors (Lipinski definition) is 4. The quantitative estimate of drug-likeness (QED) is 0.513. The monoisotopic (exact) mass is 256 g/mol. The molecule has 0 rings (SSSR count). The van der Waals surface area contributed by atoms with Crippen molar-refractivity contribution in [3.05, 3.63) is 0 Å². The third-order valence-corrected chi connectivity index (χ3v) is 2.25. The summed E-state index contributed by atoms with van der Waals surface area (Å²) in [5, 5.41) is 15.7. The topological polar surface area (TPSA) is 159 Å². The highest BCUT2D eigenvalue weighted by molar-refractivity contribution is 5.69. The van der Waals surface area contributed by atoms with Crippen LogP contribution in [-0.4, -0.2) is 28.8 Å². The van der Waals surface area contributed by atoms with E-state index in [-0.39, 0.29) is 23.7 Å². The molecule has 0 bridgehead atoms. The van der Waals surface area contributed by atoms with Crippen molar-refractivity contribution in [2.45, 2.75) is 52.4 Å². The van der Waals surface area contributed by atoms with Gasteiger partial charge >= 0.3 is 5.97 Å². The molecule has 10 N–H and O–H groups in total. The van der Waals surface area contributed by atoms with Crippen LogP contribution in [0.5, 0.6) is 0 Å². The normalized spacial score (nSPS) is 9.41. The first kappa shape index (κ1) is 29.9. The van der Waals surface area contributed by atoms with Gasteiger partial charge in [0.25, 0.3) is 0 Å². The van der Waals surface area contributed by atoms with Gasteiger partial charge in [-0.3, -0.25) is 4.79 Å². The lowest BCUT2D eigenvalue weighted by Crippen LogP contribution is -2.12. The SMILES string of the molecule is CCCCCCC(CC)C(=O)O.CO.N.N.O. The van der Waals surface area contributed by atoms with E-state index < -0.39 is 5.97 Å². The number of aliphatic hydroxyl groups excluding tert-OH is 1. The van der Waals surface area contributed by atoms with E-state index in [9.17, 15) is 4.79 Å². The van der Waals surface area contributed by atoms with Crippen molar-refractivity contribution in [3.63, 3.8) is 0 Å². The zero-order valence-electron chi connectivity index (χ0n) is 11.5. The summed E-state index contributed by atoms with van der Waals surface area (Å²) in [4.78, 5) is 10.6. The van der Waals surface area contributed by atoms with Crippen molar-refractivity contribution >= 4 is 5.97 Å². The van der Waals surface area contributed by atoms with Crippen LogP contribution >= 0.6 is 0 Å². The van der Waals surface area contributed by atoms with Crippen molar-refractivity contribution in [3.8, 4) is 0 Å². The maximum atomic E-state index is 10.6. The summed E-state index contributed by atoms with van der Waals surface area (Å²) in [7, 11) is 1.00. The maximum Gasteiger partial charge on any atom is 0.306 e. The molecule has 0 aliphatic heterocycles. The maximum absolute atomic E-state index is 10.6. The minimum Gasteiger partial charge on any atom is -0.481 e. The van der Waals surface area contributed by atoms with Crippen molar-refractivity contribution in [1.29, 1.82) is 0 Å². The second-order valence-electron chi connectivity index (χ2n) is 3.29. The summed E-state index contributed by atoms with van der Waals surface area (Å²) in [6, 6.07) is 0. The first-order valence-corrected chi connectivity index (χ1v) is 5.39. The molecule has 0 fully saturated rings. The van der Waals surface area contributed by atoms with Crippen molar-refractivity contribution in [1.82, 2.24) is 12.3 Å². The fourth-order valence-electron chi connectivity index (χ4n) is 1.32. The highest BCUT2D eigenvalue weighted by Crippen LogP contribution is 2.13. The summed E-state index contributed by atoms with van der Waals surface area (Å²) in [5.41, 5.74) is 0. The molecule has 0 saturated heterocycles. The fourth-order valence-corrected chi connectivity index (χ4v) is 1.32. The molecule has 0 aromatic rings. The van der Waals surface area contributed by atoms with Crippen LogP contribution in [-0.2, 0) is 4.79 Å². The average molecular weight is 256 g/mol. The fraction of sp³-hybridized carbons (Fsp3) is 0.909. The van der Waals surface area contributed by atoms with Gasteiger partial charge in [-0.25, -0.2) is 0 Å². The summed E-state index contributed by atoms with van der Waals surface area (Å²) in [6.07, 6.45) is 6.31. The van der Waals surface area contributed by atoms with Crippen molar-refractivity contribution < 1.29 is 20.5 Å². The first-order valence-electron chi connectivity index (χ1n) is 5.39. The molecule has 6 heteroatoms. The van der Waals surface area contributed by atoms with Crippen LogP contribution in [0.15, 0.2) is 0 Å². The van der Waals surface area contributed by atoms with Gasteiger partial charge in [-0.15, -0.1) is 0 Å². The van der Waals surface area contributed by atoms with E-state index in [2.05, 4.69) is 6.92 Å². The number of carboxylic acid groups (broad SMARTS) is 1. The second-order valence-corrected chi connectivity index (χ2v) is 3.29. The Morgan fingerprint density at radius 2 is 1.53 bits per heavy atom. The summed E-state index contributed by atoms with van der Waals surface area (Å²) in [6.45, 7) is 4.10. The standard InChI is InChI=1S/C10H20O2.CH4O.2H3N.H2O/c1-3-5-6-7-8-9(4-2)10(11)12;1-2;;;/h9H,3-8H2,1-2H3,(H,11,12);2H,1H3;2*1H3;1H2. The Labute approximate surface area is 105 Å². The molecule has 0 spiro atoms. The van der Waals surface area contributed by atoms with E-state index in [4.69, 9.17) is 10.2 Å². The zero-order chi connectivity index (χ0) is 11.4. The van der Waals surface area contributed by atoms with Gasteiger partial charge in [0.1, 0.15) is 0 Å². The molecule has 0 amide bonds. The predicted molar refractivity (Wildman–Crippen MR) is 72.0 cm³/mol. The van der Waals surface area contributed by atoms with Crippen LogP contribution in [0.3, 0.4) is 0 Å². The molecule has 1 atom stereocenters. The predicted octanol–water partition coefficient (Wildman–Crippen LogP) is 2.18. The van der Waals surface area contributed by atoms with Gasteiger partial charge in [-0.05, 0) is 12.8 Å². The molecule has 0 aromatic carbocycles. The van der Waals surface area contributed by atoms with E-state index in [1.54, 1.807) is 0 Å². The Morgan fingerprint density at radius 1 is 1.06 bits per heavy atom. The Bertz CT molecular complexity index is 135. The van der Waals surface area contributed by atoms with E-state index in [1.165, 1.54) is 19.3 Å².